The van der Waals surface area contributed by atoms with Gasteiger partial charge in [0.2, 0.25) is 0 Å². The Morgan fingerprint density at radius 2 is 2.26 bits per heavy atom. The van der Waals surface area contributed by atoms with Crippen LogP contribution in [-0.2, 0) is 6.42 Å². The second-order valence-electron chi connectivity index (χ2n) is 4.23. The zero-order valence-electron chi connectivity index (χ0n) is 10.7. The summed E-state index contributed by atoms with van der Waals surface area (Å²) in [6, 6.07) is 10.4. The molecule has 5 heteroatoms. The van der Waals surface area contributed by atoms with Gasteiger partial charge in [-0.05, 0) is 57.9 Å². The van der Waals surface area contributed by atoms with E-state index in [4.69, 9.17) is 10.6 Å². The van der Waals surface area contributed by atoms with Gasteiger partial charge < -0.3 is 4.74 Å². The average molecular weight is 341 g/mol. The molecule has 1 aromatic carbocycles. The monoisotopic (exact) mass is 340 g/mol. The first kappa shape index (κ1) is 14.5. The molecule has 2 aromatic rings. The highest BCUT2D eigenvalue weighted by atomic mass is 79.9. The number of thiophene rings is 1. The molecule has 0 aliphatic rings. The second kappa shape index (κ2) is 7.05. The Bertz CT molecular complexity index is 516. The standard InChI is InChI=1S/C14H17BrN2OS/c1-18-14-7-4-10(9-12(14)15)13(17-16)6-5-11-3-2-8-19-11/h2-4,7-9,13,17H,5-6,16H2,1H3. The smallest absolute Gasteiger partial charge is 0.133 e. The molecule has 102 valence electrons. The van der Waals surface area contributed by atoms with E-state index in [0.717, 1.165) is 28.6 Å². The lowest BCUT2D eigenvalue weighted by Gasteiger charge is -2.17. The molecule has 1 aromatic heterocycles. The fraction of sp³-hybridized carbons (Fsp3) is 0.286. The number of hydrogen-bond donors (Lipinski definition) is 2. The first-order valence-electron chi connectivity index (χ1n) is 6.06. The predicted molar refractivity (Wildman–Crippen MR) is 83.4 cm³/mol. The lowest BCUT2D eigenvalue weighted by atomic mass is 10.0. The molecule has 1 unspecified atom stereocenters. The summed E-state index contributed by atoms with van der Waals surface area (Å²) in [5, 5.41) is 2.10. The van der Waals surface area contributed by atoms with Crippen molar-refractivity contribution in [2.75, 3.05) is 7.11 Å². The molecule has 19 heavy (non-hydrogen) atoms. The van der Waals surface area contributed by atoms with Crippen molar-refractivity contribution < 1.29 is 4.74 Å². The van der Waals surface area contributed by atoms with Crippen LogP contribution in [0.2, 0.25) is 0 Å². The minimum Gasteiger partial charge on any atom is -0.496 e. The van der Waals surface area contributed by atoms with Crippen LogP contribution in [-0.4, -0.2) is 7.11 Å². The van der Waals surface area contributed by atoms with E-state index in [-0.39, 0.29) is 6.04 Å². The van der Waals surface area contributed by atoms with Crippen LogP contribution >= 0.6 is 27.3 Å². The van der Waals surface area contributed by atoms with Gasteiger partial charge in [-0.2, -0.15) is 0 Å². The molecule has 0 saturated heterocycles. The number of hydrazine groups is 1. The van der Waals surface area contributed by atoms with E-state index in [0.29, 0.717) is 0 Å². The third-order valence-corrected chi connectivity index (χ3v) is 4.59. The highest BCUT2D eigenvalue weighted by Gasteiger charge is 2.12. The summed E-state index contributed by atoms with van der Waals surface area (Å²) < 4.78 is 6.18. The maximum absolute atomic E-state index is 5.67. The number of aryl methyl sites for hydroxylation is 1. The molecule has 3 N–H and O–H groups in total. The Kier molecular flexibility index (Phi) is 5.39. The molecular weight excluding hydrogens is 324 g/mol. The largest absolute Gasteiger partial charge is 0.496 e. The zero-order chi connectivity index (χ0) is 13.7. The van der Waals surface area contributed by atoms with Crippen LogP contribution in [0.4, 0.5) is 0 Å². The molecule has 1 heterocycles. The van der Waals surface area contributed by atoms with Gasteiger partial charge in [0.25, 0.3) is 0 Å². The van der Waals surface area contributed by atoms with Crippen LogP contribution in [0.5, 0.6) is 5.75 Å². The zero-order valence-corrected chi connectivity index (χ0v) is 13.1. The molecule has 3 nitrogen and oxygen atoms in total. The summed E-state index contributed by atoms with van der Waals surface area (Å²) in [5.74, 6) is 6.50. The number of rotatable bonds is 6. The number of benzene rings is 1. The molecule has 0 radical (unpaired) electrons. The number of ether oxygens (including phenoxy) is 1. The Morgan fingerprint density at radius 1 is 1.42 bits per heavy atom. The van der Waals surface area contributed by atoms with E-state index in [1.54, 1.807) is 18.4 Å². The number of methoxy groups -OCH3 is 1. The summed E-state index contributed by atoms with van der Waals surface area (Å²) in [5.41, 5.74) is 4.05. The van der Waals surface area contributed by atoms with Crippen molar-refractivity contribution >= 4 is 27.3 Å². The molecular formula is C14H17BrN2OS. The van der Waals surface area contributed by atoms with Crippen LogP contribution in [0.3, 0.4) is 0 Å². The lowest BCUT2D eigenvalue weighted by molar-refractivity contribution is 0.411. The third kappa shape index (κ3) is 3.79. The Morgan fingerprint density at radius 3 is 2.84 bits per heavy atom. The number of halogens is 1. The first-order valence-corrected chi connectivity index (χ1v) is 7.74. The molecule has 0 aliphatic carbocycles. The van der Waals surface area contributed by atoms with Crippen molar-refractivity contribution in [1.82, 2.24) is 5.43 Å². The van der Waals surface area contributed by atoms with Crippen LogP contribution < -0.4 is 16.0 Å². The molecule has 1 atom stereocenters. The van der Waals surface area contributed by atoms with Crippen LogP contribution in [0.15, 0.2) is 40.2 Å². The van der Waals surface area contributed by atoms with E-state index in [1.165, 1.54) is 4.88 Å². The van der Waals surface area contributed by atoms with Gasteiger partial charge in [-0.3, -0.25) is 11.3 Å². The SMILES string of the molecule is COc1ccc(C(CCc2cccs2)NN)cc1Br. The molecule has 2 rings (SSSR count). The molecule has 0 bridgehead atoms. The van der Waals surface area contributed by atoms with Gasteiger partial charge in [0.15, 0.2) is 0 Å². The van der Waals surface area contributed by atoms with Gasteiger partial charge in [0, 0.05) is 10.9 Å². The van der Waals surface area contributed by atoms with Crippen molar-refractivity contribution in [2.24, 2.45) is 5.84 Å². The highest BCUT2D eigenvalue weighted by molar-refractivity contribution is 9.10. The molecule has 0 saturated carbocycles. The second-order valence-corrected chi connectivity index (χ2v) is 6.12. The van der Waals surface area contributed by atoms with Crippen molar-refractivity contribution in [3.63, 3.8) is 0 Å². The predicted octanol–water partition coefficient (Wildman–Crippen LogP) is 3.66. The van der Waals surface area contributed by atoms with Crippen molar-refractivity contribution in [3.05, 3.63) is 50.6 Å². The summed E-state index contributed by atoms with van der Waals surface area (Å²) in [6.45, 7) is 0. The van der Waals surface area contributed by atoms with Gasteiger partial charge in [0.05, 0.1) is 11.6 Å². The fourth-order valence-electron chi connectivity index (χ4n) is 1.99. The molecule has 0 fully saturated rings. The van der Waals surface area contributed by atoms with Crippen LogP contribution in [0.1, 0.15) is 22.9 Å². The van der Waals surface area contributed by atoms with Gasteiger partial charge >= 0.3 is 0 Å². The van der Waals surface area contributed by atoms with E-state index in [9.17, 15) is 0 Å². The summed E-state index contributed by atoms with van der Waals surface area (Å²) in [6.07, 6.45) is 1.99. The Hall–Kier alpha value is -0.880. The Labute approximate surface area is 125 Å². The van der Waals surface area contributed by atoms with Gasteiger partial charge in [-0.25, -0.2) is 0 Å². The average Bonchev–Trinajstić information content (AvgIpc) is 2.93. The van der Waals surface area contributed by atoms with Crippen molar-refractivity contribution in [2.45, 2.75) is 18.9 Å². The molecule has 0 spiro atoms. The summed E-state index contributed by atoms with van der Waals surface area (Å²) in [4.78, 5) is 1.38. The Balaban J connectivity index is 2.06. The minimum absolute atomic E-state index is 0.143. The lowest BCUT2D eigenvalue weighted by Crippen LogP contribution is -2.28. The molecule has 0 amide bonds. The van der Waals surface area contributed by atoms with Gasteiger partial charge in [-0.15, -0.1) is 11.3 Å². The van der Waals surface area contributed by atoms with Gasteiger partial charge in [-0.1, -0.05) is 12.1 Å². The van der Waals surface area contributed by atoms with E-state index >= 15 is 0 Å². The number of hydrogen-bond acceptors (Lipinski definition) is 4. The fourth-order valence-corrected chi connectivity index (χ4v) is 3.27. The van der Waals surface area contributed by atoms with Crippen LogP contribution in [0, 0.1) is 0 Å². The van der Waals surface area contributed by atoms with E-state index in [1.807, 2.05) is 12.1 Å². The van der Waals surface area contributed by atoms with E-state index in [2.05, 4.69) is 44.9 Å². The number of nitrogens with two attached hydrogens (primary N) is 1. The summed E-state index contributed by atoms with van der Waals surface area (Å²) >= 11 is 5.29. The summed E-state index contributed by atoms with van der Waals surface area (Å²) in [7, 11) is 1.66. The van der Waals surface area contributed by atoms with Crippen LogP contribution in [0.25, 0.3) is 0 Å². The first-order chi connectivity index (χ1) is 9.24. The maximum Gasteiger partial charge on any atom is 0.133 e. The minimum atomic E-state index is 0.143. The number of nitrogens with one attached hydrogen (secondary N) is 1. The topological polar surface area (TPSA) is 47.3 Å². The normalized spacial score (nSPS) is 12.4. The quantitative estimate of drug-likeness (QED) is 0.623. The highest BCUT2D eigenvalue weighted by Crippen LogP contribution is 2.29. The van der Waals surface area contributed by atoms with Crippen molar-refractivity contribution in [3.8, 4) is 5.75 Å². The van der Waals surface area contributed by atoms with E-state index < -0.39 is 0 Å². The maximum atomic E-state index is 5.67. The third-order valence-electron chi connectivity index (χ3n) is 3.04. The molecule has 0 aliphatic heterocycles. The van der Waals surface area contributed by atoms with Gasteiger partial charge in [0.1, 0.15) is 5.75 Å². The van der Waals surface area contributed by atoms with Crippen molar-refractivity contribution in [1.29, 1.82) is 0 Å².